The molecule has 5 nitrogen and oxygen atoms in total. The molecule has 1 fully saturated rings. The Balaban J connectivity index is 1.69. The van der Waals surface area contributed by atoms with Gasteiger partial charge in [-0.2, -0.15) is 0 Å². The molecule has 1 aromatic carbocycles. The molecule has 1 aliphatic rings. The third-order valence-corrected chi connectivity index (χ3v) is 4.73. The summed E-state index contributed by atoms with van der Waals surface area (Å²) in [5, 5.41) is 1.71. The fourth-order valence-corrected chi connectivity index (χ4v) is 3.61. The van der Waals surface area contributed by atoms with Crippen LogP contribution >= 0.6 is 22.9 Å². The molecule has 0 N–H and O–H groups in total. The first-order valence-electron chi connectivity index (χ1n) is 6.90. The highest BCUT2D eigenvalue weighted by atomic mass is 35.5. The van der Waals surface area contributed by atoms with E-state index in [1.165, 1.54) is 0 Å². The average molecular weight is 326 g/mol. The molecule has 1 saturated heterocycles. The molecule has 0 spiro atoms. The third kappa shape index (κ3) is 3.06. The number of piperazine rings is 1. The first-order chi connectivity index (χ1) is 10.2. The van der Waals surface area contributed by atoms with Gasteiger partial charge in [-0.25, -0.2) is 9.78 Å². The molecular weight excluding hydrogens is 310 g/mol. The first-order valence-corrected chi connectivity index (χ1v) is 8.09. The molecule has 1 amide bonds. The van der Waals surface area contributed by atoms with Gasteiger partial charge >= 0.3 is 6.09 Å². The second kappa shape index (κ2) is 6.07. The number of anilines is 1. The summed E-state index contributed by atoms with van der Waals surface area (Å²) in [6.45, 7) is 5.10. The van der Waals surface area contributed by atoms with Gasteiger partial charge in [0.2, 0.25) is 0 Å². The van der Waals surface area contributed by atoms with E-state index in [0.29, 0.717) is 19.7 Å². The minimum absolute atomic E-state index is 0.228. The number of ether oxygens (including phenoxy) is 1. The third-order valence-electron chi connectivity index (χ3n) is 3.42. The van der Waals surface area contributed by atoms with Crippen LogP contribution in [0.25, 0.3) is 10.2 Å². The average Bonchev–Trinajstić information content (AvgIpc) is 2.90. The number of carbonyl (C=O) groups is 1. The van der Waals surface area contributed by atoms with Gasteiger partial charge < -0.3 is 14.5 Å². The molecule has 0 aliphatic carbocycles. The standard InChI is InChI=1S/C14H16ClN3O2S/c1-2-20-14(19)18-7-5-17(6-8-18)13-16-11-4-3-10(15)9-12(11)21-13/h3-4,9H,2,5-8H2,1H3. The van der Waals surface area contributed by atoms with Crippen LogP contribution in [0.4, 0.5) is 9.93 Å². The second-order valence-corrected chi connectivity index (χ2v) is 6.23. The summed E-state index contributed by atoms with van der Waals surface area (Å²) in [6.07, 6.45) is -0.228. The van der Waals surface area contributed by atoms with Crippen LogP contribution in [0, 0.1) is 0 Å². The number of aromatic nitrogens is 1. The number of hydrogen-bond donors (Lipinski definition) is 0. The zero-order chi connectivity index (χ0) is 14.8. The van der Waals surface area contributed by atoms with E-state index in [2.05, 4.69) is 9.88 Å². The van der Waals surface area contributed by atoms with Crippen LogP contribution < -0.4 is 4.90 Å². The van der Waals surface area contributed by atoms with Gasteiger partial charge in [-0.05, 0) is 25.1 Å². The van der Waals surface area contributed by atoms with Gasteiger partial charge in [0, 0.05) is 31.2 Å². The monoisotopic (exact) mass is 325 g/mol. The number of thiazole rings is 1. The van der Waals surface area contributed by atoms with E-state index in [0.717, 1.165) is 33.5 Å². The molecule has 21 heavy (non-hydrogen) atoms. The Morgan fingerprint density at radius 2 is 2.14 bits per heavy atom. The predicted octanol–water partition coefficient (Wildman–Crippen LogP) is 3.23. The number of amides is 1. The van der Waals surface area contributed by atoms with Gasteiger partial charge in [0.15, 0.2) is 5.13 Å². The van der Waals surface area contributed by atoms with Crippen molar-refractivity contribution in [2.24, 2.45) is 0 Å². The minimum Gasteiger partial charge on any atom is -0.450 e. The number of hydrogen-bond acceptors (Lipinski definition) is 5. The molecule has 112 valence electrons. The molecule has 7 heteroatoms. The molecular formula is C14H16ClN3O2S. The number of carbonyl (C=O) groups excluding carboxylic acids is 1. The molecule has 1 aliphatic heterocycles. The Morgan fingerprint density at radius 3 is 2.86 bits per heavy atom. The molecule has 1 aromatic heterocycles. The molecule has 0 bridgehead atoms. The second-order valence-electron chi connectivity index (χ2n) is 4.78. The Kier molecular flexibility index (Phi) is 4.17. The Labute approximate surface area is 132 Å². The first kappa shape index (κ1) is 14.4. The highest BCUT2D eigenvalue weighted by Gasteiger charge is 2.23. The number of fused-ring (bicyclic) bond motifs is 1. The van der Waals surface area contributed by atoms with Crippen molar-refractivity contribution in [2.45, 2.75) is 6.92 Å². The van der Waals surface area contributed by atoms with E-state index >= 15 is 0 Å². The quantitative estimate of drug-likeness (QED) is 0.850. The number of benzene rings is 1. The lowest BCUT2D eigenvalue weighted by atomic mass is 10.3. The maximum absolute atomic E-state index is 11.7. The van der Waals surface area contributed by atoms with Crippen molar-refractivity contribution in [1.82, 2.24) is 9.88 Å². The lowest BCUT2D eigenvalue weighted by molar-refractivity contribution is 0.105. The van der Waals surface area contributed by atoms with Gasteiger partial charge in [0.05, 0.1) is 16.8 Å². The zero-order valence-electron chi connectivity index (χ0n) is 11.7. The summed E-state index contributed by atoms with van der Waals surface area (Å²) < 4.78 is 6.11. The van der Waals surface area contributed by atoms with Gasteiger partial charge in [0.25, 0.3) is 0 Å². The summed E-state index contributed by atoms with van der Waals surface area (Å²) in [5.41, 5.74) is 0.965. The highest BCUT2D eigenvalue weighted by molar-refractivity contribution is 7.22. The molecule has 0 atom stereocenters. The summed E-state index contributed by atoms with van der Waals surface area (Å²) in [5.74, 6) is 0. The summed E-state index contributed by atoms with van der Waals surface area (Å²) in [6, 6.07) is 5.73. The van der Waals surface area contributed by atoms with Gasteiger partial charge in [-0.1, -0.05) is 22.9 Å². The molecule has 0 radical (unpaired) electrons. The fourth-order valence-electron chi connectivity index (χ4n) is 2.32. The molecule has 3 rings (SSSR count). The van der Waals surface area contributed by atoms with Crippen LogP contribution in [0.15, 0.2) is 18.2 Å². The zero-order valence-corrected chi connectivity index (χ0v) is 13.3. The maximum atomic E-state index is 11.7. The van der Waals surface area contributed by atoms with Crippen LogP contribution in [-0.2, 0) is 4.74 Å². The molecule has 0 saturated carbocycles. The van der Waals surface area contributed by atoms with Crippen molar-refractivity contribution in [3.05, 3.63) is 23.2 Å². The summed E-state index contributed by atoms with van der Waals surface area (Å²) in [4.78, 5) is 20.3. The van der Waals surface area contributed by atoms with Crippen molar-refractivity contribution in [3.63, 3.8) is 0 Å². The van der Waals surface area contributed by atoms with E-state index < -0.39 is 0 Å². The lowest BCUT2D eigenvalue weighted by Gasteiger charge is -2.33. The van der Waals surface area contributed by atoms with Gasteiger partial charge in [-0.3, -0.25) is 0 Å². The summed E-state index contributed by atoms with van der Waals surface area (Å²) in [7, 11) is 0. The van der Waals surface area contributed by atoms with Crippen LogP contribution in [-0.4, -0.2) is 48.8 Å². The van der Waals surface area contributed by atoms with Gasteiger partial charge in [-0.15, -0.1) is 0 Å². The Bertz CT molecular complexity index is 653. The number of nitrogens with zero attached hydrogens (tertiary/aromatic N) is 3. The van der Waals surface area contributed by atoms with Crippen LogP contribution in [0.5, 0.6) is 0 Å². The smallest absolute Gasteiger partial charge is 0.409 e. The van der Waals surface area contributed by atoms with E-state index in [-0.39, 0.29) is 6.09 Å². The highest BCUT2D eigenvalue weighted by Crippen LogP contribution is 2.31. The summed E-state index contributed by atoms with van der Waals surface area (Å²) >= 11 is 7.64. The van der Waals surface area contributed by atoms with E-state index in [4.69, 9.17) is 16.3 Å². The number of rotatable bonds is 2. The van der Waals surface area contributed by atoms with Crippen LogP contribution in [0.1, 0.15) is 6.92 Å². The number of halogens is 1. The maximum Gasteiger partial charge on any atom is 0.409 e. The molecule has 0 unspecified atom stereocenters. The van der Waals surface area contributed by atoms with Crippen molar-refractivity contribution >= 4 is 44.4 Å². The van der Waals surface area contributed by atoms with Crippen LogP contribution in [0.2, 0.25) is 5.02 Å². The minimum atomic E-state index is -0.228. The Hall–Kier alpha value is -1.53. The molecule has 2 heterocycles. The Morgan fingerprint density at radius 1 is 1.38 bits per heavy atom. The lowest BCUT2D eigenvalue weighted by Crippen LogP contribution is -2.48. The molecule has 2 aromatic rings. The van der Waals surface area contributed by atoms with Crippen molar-refractivity contribution in [1.29, 1.82) is 0 Å². The van der Waals surface area contributed by atoms with Gasteiger partial charge in [0.1, 0.15) is 0 Å². The van der Waals surface area contributed by atoms with Crippen molar-refractivity contribution in [3.8, 4) is 0 Å². The van der Waals surface area contributed by atoms with E-state index in [1.807, 2.05) is 25.1 Å². The van der Waals surface area contributed by atoms with Crippen molar-refractivity contribution in [2.75, 3.05) is 37.7 Å². The van der Waals surface area contributed by atoms with E-state index in [1.54, 1.807) is 16.2 Å². The SMILES string of the molecule is CCOC(=O)N1CCN(c2nc3ccc(Cl)cc3s2)CC1. The van der Waals surface area contributed by atoms with Crippen molar-refractivity contribution < 1.29 is 9.53 Å². The largest absolute Gasteiger partial charge is 0.450 e. The predicted molar refractivity (Wildman–Crippen MR) is 85.4 cm³/mol. The van der Waals surface area contributed by atoms with Crippen LogP contribution in [0.3, 0.4) is 0 Å². The topological polar surface area (TPSA) is 45.7 Å². The van der Waals surface area contributed by atoms with E-state index in [9.17, 15) is 4.79 Å². The fraction of sp³-hybridized carbons (Fsp3) is 0.429. The normalized spacial score (nSPS) is 15.5.